The molecule has 12 nitrogen and oxygen atoms in total. The molecule has 0 aromatic rings. The minimum atomic E-state index is -0.211. The predicted molar refractivity (Wildman–Crippen MR) is 253 cm³/mol. The lowest BCUT2D eigenvalue weighted by atomic mass is 10.2. The molecule has 0 N–H and O–H groups in total. The van der Waals surface area contributed by atoms with Crippen molar-refractivity contribution in [3.8, 4) is 0 Å². The van der Waals surface area contributed by atoms with Crippen molar-refractivity contribution >= 4 is 35.8 Å². The van der Waals surface area contributed by atoms with Gasteiger partial charge in [-0.1, -0.05) is 158 Å². The summed E-state index contributed by atoms with van der Waals surface area (Å²) in [6.45, 7) is 39.8. The Labute approximate surface area is 373 Å². The SMILES string of the molecule is CCCCCC.CCCCCC.CCCCCC.CCCCCC.CCOC(C)=O.CCOC(C)=O.CCOC(C)=O.CCOC(C)=O.CCOC(C)=O.CCOC(C)=O. The van der Waals surface area contributed by atoms with Gasteiger partial charge in [0.15, 0.2) is 0 Å². The van der Waals surface area contributed by atoms with Gasteiger partial charge in [-0.15, -0.1) is 0 Å². The van der Waals surface area contributed by atoms with E-state index in [2.05, 4.69) is 83.8 Å². The minimum absolute atomic E-state index is 0.211. The Kier molecular flexibility index (Phi) is 123. The summed E-state index contributed by atoms with van der Waals surface area (Å²) < 4.78 is 26.4. The summed E-state index contributed by atoms with van der Waals surface area (Å²) in [6, 6.07) is 0. The van der Waals surface area contributed by atoms with Crippen LogP contribution in [0.4, 0.5) is 0 Å². The highest BCUT2D eigenvalue weighted by molar-refractivity contribution is 5.67. The molecule has 0 bridgehead atoms. The van der Waals surface area contributed by atoms with Crippen molar-refractivity contribution in [1.82, 2.24) is 0 Å². The molecule has 0 fully saturated rings. The highest BCUT2D eigenvalue weighted by Crippen LogP contribution is 1.97. The molecule has 368 valence electrons. The zero-order valence-corrected chi connectivity index (χ0v) is 43.5. The molecule has 0 aliphatic carbocycles. The molecule has 0 radical (unpaired) electrons. The second-order valence-electron chi connectivity index (χ2n) is 12.4. The van der Waals surface area contributed by atoms with Crippen molar-refractivity contribution in [3.63, 3.8) is 0 Å². The Morgan fingerprint density at radius 3 is 0.317 bits per heavy atom. The Morgan fingerprint density at radius 1 is 0.217 bits per heavy atom. The number of carbonyl (C=O) groups excluding carboxylic acids is 6. The smallest absolute Gasteiger partial charge is 0.302 e. The first-order valence-corrected chi connectivity index (χ1v) is 23.1. The maximum atomic E-state index is 9.82. The third kappa shape index (κ3) is 221. The first kappa shape index (κ1) is 80.8. The summed E-state index contributed by atoms with van der Waals surface area (Å²) >= 11 is 0. The summed E-state index contributed by atoms with van der Waals surface area (Å²) in [5.41, 5.74) is 0. The molecule has 0 rings (SSSR count). The van der Waals surface area contributed by atoms with Crippen molar-refractivity contribution in [3.05, 3.63) is 0 Å². The largest absolute Gasteiger partial charge is 0.466 e. The van der Waals surface area contributed by atoms with Crippen LogP contribution in [0, 0.1) is 0 Å². The van der Waals surface area contributed by atoms with E-state index >= 15 is 0 Å². The predicted octanol–water partition coefficient (Wildman–Crippen LogP) is 13.8. The van der Waals surface area contributed by atoms with Crippen molar-refractivity contribution in [2.45, 2.75) is 241 Å². The minimum Gasteiger partial charge on any atom is -0.466 e. The molecule has 60 heavy (non-hydrogen) atoms. The van der Waals surface area contributed by atoms with E-state index in [1.165, 1.54) is 144 Å². The highest BCUT2D eigenvalue weighted by atomic mass is 16.5. The molecule has 0 aliphatic rings. The topological polar surface area (TPSA) is 158 Å². The van der Waals surface area contributed by atoms with Crippen LogP contribution >= 0.6 is 0 Å². The molecule has 0 amide bonds. The molecule has 12 heteroatoms. The highest BCUT2D eigenvalue weighted by Gasteiger charge is 1.85. The maximum absolute atomic E-state index is 9.82. The van der Waals surface area contributed by atoms with E-state index in [-0.39, 0.29) is 35.8 Å². The van der Waals surface area contributed by atoms with Gasteiger partial charge in [-0.3, -0.25) is 28.8 Å². The fourth-order valence-electron chi connectivity index (χ4n) is 3.22. The van der Waals surface area contributed by atoms with Gasteiger partial charge in [0.2, 0.25) is 0 Å². The van der Waals surface area contributed by atoms with Gasteiger partial charge in [-0.25, -0.2) is 0 Å². The number of rotatable bonds is 18. The third-order valence-corrected chi connectivity index (χ3v) is 5.91. The van der Waals surface area contributed by atoms with Gasteiger partial charge in [0.1, 0.15) is 0 Å². The second kappa shape index (κ2) is 91.5. The zero-order chi connectivity index (χ0) is 49.3. The Bertz CT molecular complexity index is 615. The summed E-state index contributed by atoms with van der Waals surface area (Å²) in [5, 5.41) is 0. The zero-order valence-electron chi connectivity index (χ0n) is 43.5. The van der Waals surface area contributed by atoms with Gasteiger partial charge in [0.05, 0.1) is 39.6 Å². The standard InChI is InChI=1S/4C6H14.6C4H8O2/c4*1-3-5-6-4-2;6*1-3-6-4(2)5/h4*3-6H2,1-2H3;6*3H2,1-2H3. The van der Waals surface area contributed by atoms with Crippen LogP contribution in [0.2, 0.25) is 0 Å². The number of esters is 6. The van der Waals surface area contributed by atoms with Crippen LogP contribution in [-0.4, -0.2) is 75.5 Å². The van der Waals surface area contributed by atoms with E-state index in [0.29, 0.717) is 39.6 Å². The summed E-state index contributed by atoms with van der Waals surface area (Å²) in [6.07, 6.45) is 22.1. The first-order chi connectivity index (χ1) is 28.3. The molecular formula is C48H104O12. The Hall–Kier alpha value is -3.18. The molecule has 0 saturated carbocycles. The lowest BCUT2D eigenvalue weighted by Crippen LogP contribution is -1.95. The quantitative estimate of drug-likeness (QED) is 0.0730. The molecule has 0 unspecified atom stereocenters. The lowest BCUT2D eigenvalue weighted by molar-refractivity contribution is -0.141. The van der Waals surface area contributed by atoms with Gasteiger partial charge in [0, 0.05) is 41.5 Å². The van der Waals surface area contributed by atoms with Crippen LogP contribution < -0.4 is 0 Å². The van der Waals surface area contributed by atoms with Gasteiger partial charge in [-0.2, -0.15) is 0 Å². The number of hydrogen-bond acceptors (Lipinski definition) is 12. The fraction of sp³-hybridized carbons (Fsp3) is 0.875. The third-order valence-electron chi connectivity index (χ3n) is 5.91. The molecule has 0 aliphatic heterocycles. The van der Waals surface area contributed by atoms with Crippen LogP contribution in [0.5, 0.6) is 0 Å². The van der Waals surface area contributed by atoms with Crippen molar-refractivity contribution in [1.29, 1.82) is 0 Å². The Morgan fingerprint density at radius 2 is 0.300 bits per heavy atom. The van der Waals surface area contributed by atoms with Gasteiger partial charge in [-0.05, 0) is 41.5 Å². The number of ether oxygens (including phenoxy) is 6. The number of hydrogen-bond donors (Lipinski definition) is 0. The molecule has 0 atom stereocenters. The van der Waals surface area contributed by atoms with Gasteiger partial charge < -0.3 is 28.4 Å². The normalized spacial score (nSPS) is 8.20. The van der Waals surface area contributed by atoms with Crippen molar-refractivity contribution in [2.75, 3.05) is 39.6 Å². The molecule has 0 saturated heterocycles. The van der Waals surface area contributed by atoms with E-state index in [1.807, 2.05) is 0 Å². The first-order valence-electron chi connectivity index (χ1n) is 23.1. The van der Waals surface area contributed by atoms with Gasteiger partial charge >= 0.3 is 35.8 Å². The van der Waals surface area contributed by atoms with E-state index in [0.717, 1.165) is 0 Å². The summed E-state index contributed by atoms with van der Waals surface area (Å²) in [4.78, 5) is 58.9. The molecular weight excluding hydrogens is 769 g/mol. The Balaban J connectivity index is -0.0000000579. The van der Waals surface area contributed by atoms with Crippen LogP contribution in [0.25, 0.3) is 0 Å². The average molecular weight is 873 g/mol. The van der Waals surface area contributed by atoms with E-state index in [9.17, 15) is 28.8 Å². The van der Waals surface area contributed by atoms with Crippen LogP contribution in [0.1, 0.15) is 241 Å². The maximum Gasteiger partial charge on any atom is 0.302 e. The molecule has 0 aromatic carbocycles. The van der Waals surface area contributed by atoms with Crippen molar-refractivity contribution < 1.29 is 57.2 Å². The van der Waals surface area contributed by atoms with E-state index in [4.69, 9.17) is 0 Å². The monoisotopic (exact) mass is 873 g/mol. The van der Waals surface area contributed by atoms with Crippen LogP contribution in [0.3, 0.4) is 0 Å². The molecule has 0 heterocycles. The van der Waals surface area contributed by atoms with Gasteiger partial charge in [0.25, 0.3) is 0 Å². The fourth-order valence-corrected chi connectivity index (χ4v) is 3.22. The summed E-state index contributed by atoms with van der Waals surface area (Å²) in [7, 11) is 0. The molecule has 0 spiro atoms. The molecule has 0 aromatic heterocycles. The van der Waals surface area contributed by atoms with Crippen molar-refractivity contribution in [2.24, 2.45) is 0 Å². The number of unbranched alkanes of at least 4 members (excludes halogenated alkanes) is 12. The van der Waals surface area contributed by atoms with Crippen LogP contribution in [0.15, 0.2) is 0 Å². The van der Waals surface area contributed by atoms with Crippen LogP contribution in [-0.2, 0) is 57.2 Å². The lowest BCUT2D eigenvalue weighted by Gasteiger charge is -1.89. The van der Waals surface area contributed by atoms with E-state index < -0.39 is 0 Å². The number of carbonyl (C=O) groups is 6. The van der Waals surface area contributed by atoms with E-state index in [1.54, 1.807) is 41.5 Å². The second-order valence-corrected chi connectivity index (χ2v) is 12.4. The summed E-state index contributed by atoms with van der Waals surface area (Å²) in [5.74, 6) is -1.26. The average Bonchev–Trinajstić information content (AvgIpc) is 3.16.